The van der Waals surface area contributed by atoms with E-state index in [0.29, 0.717) is 11.7 Å². The fourth-order valence-corrected chi connectivity index (χ4v) is 3.36. The number of H-pyrrole nitrogens is 1. The second-order valence-corrected chi connectivity index (χ2v) is 6.00. The first-order valence-electron chi connectivity index (χ1n) is 7.97. The summed E-state index contributed by atoms with van der Waals surface area (Å²) in [5.41, 5.74) is 1.66. The van der Waals surface area contributed by atoms with Gasteiger partial charge in [-0.2, -0.15) is 10.3 Å². The van der Waals surface area contributed by atoms with Crippen LogP contribution in [0.3, 0.4) is 0 Å². The zero-order chi connectivity index (χ0) is 14.8. The van der Waals surface area contributed by atoms with Crippen LogP contribution in [0.4, 0.5) is 0 Å². The highest BCUT2D eigenvalue weighted by molar-refractivity contribution is 5.88. The molecule has 0 saturated heterocycles. The van der Waals surface area contributed by atoms with Gasteiger partial charge in [0, 0.05) is 12.7 Å². The van der Waals surface area contributed by atoms with E-state index in [2.05, 4.69) is 25.6 Å². The van der Waals surface area contributed by atoms with Crippen LogP contribution < -0.4 is 0 Å². The molecule has 0 atom stereocenters. The summed E-state index contributed by atoms with van der Waals surface area (Å²) in [6.07, 6.45) is 9.76. The number of aromatic amines is 1. The summed E-state index contributed by atoms with van der Waals surface area (Å²) in [6.45, 7) is 0.922. The lowest BCUT2D eigenvalue weighted by Gasteiger charge is -2.14. The molecular weight excluding hydrogens is 278 g/mol. The maximum Gasteiger partial charge on any atom is 0.225 e. The van der Waals surface area contributed by atoms with Crippen molar-refractivity contribution >= 4 is 11.0 Å². The first kappa shape index (κ1) is 13.4. The molecule has 3 aromatic heterocycles. The Labute approximate surface area is 128 Å². The monoisotopic (exact) mass is 297 g/mol. The number of rotatable bonds is 3. The van der Waals surface area contributed by atoms with Gasteiger partial charge in [-0.1, -0.05) is 25.7 Å². The summed E-state index contributed by atoms with van der Waals surface area (Å²) in [6, 6.07) is 3.94. The van der Waals surface area contributed by atoms with Crippen LogP contribution >= 0.6 is 0 Å². The Balaban J connectivity index is 1.71. The summed E-state index contributed by atoms with van der Waals surface area (Å²) < 4.78 is 2.02. The second kappa shape index (κ2) is 5.82. The molecule has 0 radical (unpaired) electrons. The van der Waals surface area contributed by atoms with Crippen molar-refractivity contribution in [2.24, 2.45) is 5.92 Å². The molecule has 1 saturated carbocycles. The average molecular weight is 297 g/mol. The van der Waals surface area contributed by atoms with Gasteiger partial charge < -0.3 is 0 Å². The molecule has 4 rings (SSSR count). The summed E-state index contributed by atoms with van der Waals surface area (Å²) in [5, 5.41) is 20.0. The minimum absolute atomic E-state index is 0.526. The van der Waals surface area contributed by atoms with Crippen LogP contribution in [0, 0.1) is 5.92 Å². The van der Waals surface area contributed by atoms with E-state index < -0.39 is 0 Å². The quantitative estimate of drug-likeness (QED) is 0.751. The van der Waals surface area contributed by atoms with E-state index in [9.17, 15) is 0 Å². The molecule has 0 aliphatic heterocycles. The van der Waals surface area contributed by atoms with Crippen LogP contribution in [0.15, 0.2) is 18.3 Å². The number of nitrogens with zero attached hydrogens (tertiary/aromatic N) is 6. The molecule has 114 valence electrons. The Morgan fingerprint density at radius 3 is 2.82 bits per heavy atom. The highest BCUT2D eigenvalue weighted by atomic mass is 15.5. The molecule has 1 fully saturated rings. The van der Waals surface area contributed by atoms with Gasteiger partial charge in [0.2, 0.25) is 5.82 Å². The Hall–Kier alpha value is -2.31. The molecule has 7 heteroatoms. The van der Waals surface area contributed by atoms with Crippen molar-refractivity contribution in [1.29, 1.82) is 0 Å². The summed E-state index contributed by atoms with van der Waals surface area (Å²) in [4.78, 5) is 4.51. The lowest BCUT2D eigenvalue weighted by atomic mass is 10.0. The van der Waals surface area contributed by atoms with Crippen LogP contribution in [-0.4, -0.2) is 35.4 Å². The van der Waals surface area contributed by atoms with Crippen LogP contribution in [0.1, 0.15) is 38.5 Å². The molecule has 0 aromatic carbocycles. The number of hydrogen-bond donors (Lipinski definition) is 1. The molecule has 22 heavy (non-hydrogen) atoms. The highest BCUT2D eigenvalue weighted by Crippen LogP contribution is 2.28. The lowest BCUT2D eigenvalue weighted by molar-refractivity contribution is 0.381. The molecule has 3 heterocycles. The minimum Gasteiger partial charge on any atom is -0.246 e. The van der Waals surface area contributed by atoms with E-state index in [4.69, 9.17) is 5.10 Å². The molecule has 0 spiro atoms. The molecule has 1 aliphatic rings. The molecular formula is C15H19N7. The normalized spacial score (nSPS) is 16.9. The van der Waals surface area contributed by atoms with Crippen LogP contribution in [-0.2, 0) is 6.54 Å². The standard InChI is InChI=1S/C15H19N7/c1-2-4-7-11(6-3-1)10-22-15-12(8-5-9-16-15)13(19-22)14-17-20-21-18-14/h5,8-9,11H,1-4,6-7,10H2,(H,17,18,20,21). The molecule has 0 amide bonds. The van der Waals surface area contributed by atoms with Crippen molar-refractivity contribution in [3.05, 3.63) is 18.3 Å². The third-order valence-corrected chi connectivity index (χ3v) is 4.47. The van der Waals surface area contributed by atoms with Crippen molar-refractivity contribution in [2.45, 2.75) is 45.1 Å². The topological polar surface area (TPSA) is 85.2 Å². The Kier molecular flexibility index (Phi) is 3.54. The van der Waals surface area contributed by atoms with Crippen LogP contribution in [0.5, 0.6) is 0 Å². The van der Waals surface area contributed by atoms with Gasteiger partial charge >= 0.3 is 0 Å². The molecule has 7 nitrogen and oxygen atoms in total. The number of nitrogens with one attached hydrogen (secondary N) is 1. The fourth-order valence-electron chi connectivity index (χ4n) is 3.36. The molecule has 1 N–H and O–H groups in total. The molecule has 3 aromatic rings. The zero-order valence-corrected chi connectivity index (χ0v) is 12.4. The van der Waals surface area contributed by atoms with Crippen LogP contribution in [0.2, 0.25) is 0 Å². The first-order chi connectivity index (χ1) is 10.9. The molecule has 0 unspecified atom stereocenters. The average Bonchev–Trinajstić information content (AvgIpc) is 3.11. The summed E-state index contributed by atoms with van der Waals surface area (Å²) in [5.74, 6) is 1.21. The van der Waals surface area contributed by atoms with Gasteiger partial charge in [0.05, 0.1) is 5.39 Å². The van der Waals surface area contributed by atoms with E-state index in [0.717, 1.165) is 23.3 Å². The van der Waals surface area contributed by atoms with Gasteiger partial charge in [-0.3, -0.25) is 0 Å². The summed E-state index contributed by atoms with van der Waals surface area (Å²) >= 11 is 0. The largest absolute Gasteiger partial charge is 0.246 e. The van der Waals surface area contributed by atoms with E-state index >= 15 is 0 Å². The van der Waals surface area contributed by atoms with Crippen molar-refractivity contribution < 1.29 is 0 Å². The maximum atomic E-state index is 4.73. The van der Waals surface area contributed by atoms with Crippen molar-refractivity contribution in [3.63, 3.8) is 0 Å². The van der Waals surface area contributed by atoms with Gasteiger partial charge in [0.1, 0.15) is 5.69 Å². The second-order valence-electron chi connectivity index (χ2n) is 6.00. The van der Waals surface area contributed by atoms with E-state index in [1.807, 2.05) is 23.0 Å². The number of fused-ring (bicyclic) bond motifs is 1. The van der Waals surface area contributed by atoms with Gasteiger partial charge in [-0.05, 0) is 36.1 Å². The zero-order valence-electron chi connectivity index (χ0n) is 12.4. The maximum absolute atomic E-state index is 4.73. The fraction of sp³-hybridized carbons (Fsp3) is 0.533. The predicted molar refractivity (Wildman–Crippen MR) is 81.9 cm³/mol. The third kappa shape index (κ3) is 2.47. The number of pyridine rings is 1. The third-order valence-electron chi connectivity index (χ3n) is 4.47. The number of tetrazole rings is 1. The Morgan fingerprint density at radius 2 is 2.05 bits per heavy atom. The summed E-state index contributed by atoms with van der Waals surface area (Å²) in [7, 11) is 0. The molecule has 1 aliphatic carbocycles. The van der Waals surface area contributed by atoms with Crippen molar-refractivity contribution in [1.82, 2.24) is 35.4 Å². The lowest BCUT2D eigenvalue weighted by Crippen LogP contribution is -2.12. The van der Waals surface area contributed by atoms with E-state index in [1.54, 1.807) is 0 Å². The Bertz CT molecular complexity index is 738. The minimum atomic E-state index is 0.526. The van der Waals surface area contributed by atoms with Gasteiger partial charge in [-0.15, -0.1) is 10.2 Å². The highest BCUT2D eigenvalue weighted by Gasteiger charge is 2.19. The smallest absolute Gasteiger partial charge is 0.225 e. The predicted octanol–water partition coefficient (Wildman–Crippen LogP) is 2.58. The molecule has 0 bridgehead atoms. The van der Waals surface area contributed by atoms with Gasteiger partial charge in [-0.25, -0.2) is 9.67 Å². The van der Waals surface area contributed by atoms with Crippen molar-refractivity contribution in [3.8, 4) is 11.5 Å². The SMILES string of the molecule is c1cnc2c(c1)c(-c1nn[nH]n1)nn2CC1CCCCCC1. The van der Waals surface area contributed by atoms with E-state index in [1.165, 1.54) is 38.5 Å². The Morgan fingerprint density at radius 1 is 1.18 bits per heavy atom. The van der Waals surface area contributed by atoms with Gasteiger partial charge in [0.25, 0.3) is 0 Å². The number of hydrogen-bond acceptors (Lipinski definition) is 5. The van der Waals surface area contributed by atoms with E-state index in [-0.39, 0.29) is 0 Å². The number of aromatic nitrogens is 7. The van der Waals surface area contributed by atoms with Crippen molar-refractivity contribution in [2.75, 3.05) is 0 Å². The van der Waals surface area contributed by atoms with Crippen LogP contribution in [0.25, 0.3) is 22.6 Å². The van der Waals surface area contributed by atoms with Gasteiger partial charge in [0.15, 0.2) is 5.65 Å². The first-order valence-corrected chi connectivity index (χ1v) is 7.97.